The first kappa shape index (κ1) is 23.6. The Hall–Kier alpha value is -2.02. The van der Waals surface area contributed by atoms with Gasteiger partial charge in [-0.2, -0.15) is 11.8 Å². The van der Waals surface area contributed by atoms with Crippen LogP contribution in [0.15, 0.2) is 42.5 Å². The van der Waals surface area contributed by atoms with Gasteiger partial charge in [0, 0.05) is 53.3 Å². The summed E-state index contributed by atoms with van der Waals surface area (Å²) in [6.45, 7) is 6.10. The second kappa shape index (κ2) is 10.5. The van der Waals surface area contributed by atoms with E-state index in [1.807, 2.05) is 18.7 Å². The van der Waals surface area contributed by atoms with E-state index in [1.165, 1.54) is 23.6 Å². The van der Waals surface area contributed by atoms with Crippen molar-refractivity contribution >= 4 is 40.9 Å². The molecule has 2 aromatic carbocycles. The third-order valence-electron chi connectivity index (χ3n) is 5.82. The molecule has 0 amide bonds. The van der Waals surface area contributed by atoms with Crippen LogP contribution >= 0.6 is 24.2 Å². The highest BCUT2D eigenvalue weighted by atomic mass is 35.5. The second-order valence-corrected chi connectivity index (χ2v) is 8.86. The number of rotatable bonds is 7. The van der Waals surface area contributed by atoms with Gasteiger partial charge in [0.05, 0.1) is 12.7 Å². The van der Waals surface area contributed by atoms with Crippen LogP contribution in [0, 0.1) is 12.7 Å². The van der Waals surface area contributed by atoms with Gasteiger partial charge in [-0.1, -0.05) is 0 Å². The van der Waals surface area contributed by atoms with Crippen molar-refractivity contribution in [2.75, 3.05) is 38.2 Å². The van der Waals surface area contributed by atoms with E-state index >= 15 is 0 Å². The predicted octanol–water partition coefficient (Wildman–Crippen LogP) is 5.19. The number of thioether (sulfide) groups is 1. The average molecular weight is 463 g/mol. The average Bonchev–Trinajstić information content (AvgIpc) is 3.04. The minimum absolute atomic E-state index is 0. The van der Waals surface area contributed by atoms with Gasteiger partial charge in [0.25, 0.3) is 0 Å². The number of ketones is 1. The predicted molar refractivity (Wildman–Crippen MR) is 129 cm³/mol. The van der Waals surface area contributed by atoms with Crippen molar-refractivity contribution < 1.29 is 13.9 Å². The molecule has 31 heavy (non-hydrogen) atoms. The summed E-state index contributed by atoms with van der Waals surface area (Å²) >= 11 is 2.01. The smallest absolute Gasteiger partial charge is 0.195 e. The van der Waals surface area contributed by atoms with Gasteiger partial charge >= 0.3 is 0 Å². The normalized spacial score (nSPS) is 14.4. The number of aryl methyl sites for hydroxylation is 1. The first-order chi connectivity index (χ1) is 14.6. The van der Waals surface area contributed by atoms with Gasteiger partial charge in [-0.05, 0) is 62.4 Å². The summed E-state index contributed by atoms with van der Waals surface area (Å²) < 4.78 is 21.4. The van der Waals surface area contributed by atoms with Crippen molar-refractivity contribution in [3.63, 3.8) is 0 Å². The first-order valence-corrected chi connectivity index (χ1v) is 11.5. The van der Waals surface area contributed by atoms with Crippen LogP contribution in [-0.2, 0) is 6.54 Å². The van der Waals surface area contributed by atoms with Crippen LogP contribution in [0.2, 0.25) is 0 Å². The molecule has 2 heterocycles. The maximum absolute atomic E-state index is 14.1. The van der Waals surface area contributed by atoms with Crippen LogP contribution in [0.4, 0.5) is 4.39 Å². The third kappa shape index (κ3) is 5.08. The molecular formula is C24H28ClFN2O2S. The van der Waals surface area contributed by atoms with Gasteiger partial charge in [0.1, 0.15) is 11.6 Å². The van der Waals surface area contributed by atoms with Gasteiger partial charge in [-0.25, -0.2) is 4.39 Å². The molecule has 0 atom stereocenters. The molecule has 4 rings (SSSR count). The number of aromatic nitrogens is 1. The second-order valence-electron chi connectivity index (χ2n) is 7.64. The van der Waals surface area contributed by atoms with E-state index in [0.717, 1.165) is 43.8 Å². The number of benzene rings is 2. The summed E-state index contributed by atoms with van der Waals surface area (Å²) in [7, 11) is 1.60. The lowest BCUT2D eigenvalue weighted by Gasteiger charge is -2.26. The fourth-order valence-electron chi connectivity index (χ4n) is 4.19. The summed E-state index contributed by atoms with van der Waals surface area (Å²) in [5, 5.41) is 0.683. The highest BCUT2D eigenvalue weighted by Gasteiger charge is 2.22. The van der Waals surface area contributed by atoms with Crippen molar-refractivity contribution in [1.82, 2.24) is 9.47 Å². The number of nitrogens with zero attached hydrogens (tertiary/aromatic N) is 2. The Balaban J connectivity index is 0.00000272. The van der Waals surface area contributed by atoms with E-state index in [4.69, 9.17) is 4.74 Å². The number of ether oxygens (including phenoxy) is 1. The highest BCUT2D eigenvalue weighted by molar-refractivity contribution is 7.99. The van der Waals surface area contributed by atoms with Gasteiger partial charge in [-0.3, -0.25) is 4.79 Å². The molecule has 0 unspecified atom stereocenters. The van der Waals surface area contributed by atoms with Crippen molar-refractivity contribution in [1.29, 1.82) is 0 Å². The number of hydrogen-bond donors (Lipinski definition) is 0. The molecule has 3 aromatic rings. The fourth-order valence-corrected chi connectivity index (χ4v) is 5.17. The zero-order chi connectivity index (χ0) is 21.1. The van der Waals surface area contributed by atoms with E-state index in [2.05, 4.69) is 9.47 Å². The van der Waals surface area contributed by atoms with E-state index in [-0.39, 0.29) is 24.0 Å². The maximum atomic E-state index is 14.1. The van der Waals surface area contributed by atoms with Crippen LogP contribution < -0.4 is 4.74 Å². The SMILES string of the molecule is COc1ccc(C(=O)c2c(C)n(CCCN3CCSCC3)c3ccc(F)cc23)cc1.Cl. The molecule has 166 valence electrons. The summed E-state index contributed by atoms with van der Waals surface area (Å²) in [5.74, 6) is 2.69. The highest BCUT2D eigenvalue weighted by Crippen LogP contribution is 2.30. The monoisotopic (exact) mass is 462 g/mol. The van der Waals surface area contributed by atoms with Crippen LogP contribution in [0.3, 0.4) is 0 Å². The molecule has 1 fully saturated rings. The molecule has 4 nitrogen and oxygen atoms in total. The lowest BCUT2D eigenvalue weighted by atomic mass is 10.0. The topological polar surface area (TPSA) is 34.5 Å². The van der Waals surface area contributed by atoms with Crippen molar-refractivity contribution in [2.45, 2.75) is 19.9 Å². The first-order valence-electron chi connectivity index (χ1n) is 10.4. The molecule has 0 aliphatic carbocycles. The number of carbonyl (C=O) groups excluding carboxylic acids is 1. The zero-order valence-corrected chi connectivity index (χ0v) is 19.5. The molecule has 0 spiro atoms. The summed E-state index contributed by atoms with van der Waals surface area (Å²) in [6, 6.07) is 11.8. The molecule has 7 heteroatoms. The van der Waals surface area contributed by atoms with Crippen molar-refractivity contribution in [2.24, 2.45) is 0 Å². The molecular weight excluding hydrogens is 435 g/mol. The van der Waals surface area contributed by atoms with Gasteiger partial charge < -0.3 is 14.2 Å². The maximum Gasteiger partial charge on any atom is 0.195 e. The number of carbonyl (C=O) groups is 1. The van der Waals surface area contributed by atoms with Crippen molar-refractivity contribution in [3.05, 3.63) is 65.1 Å². The Morgan fingerprint density at radius 1 is 1.10 bits per heavy atom. The summed E-state index contributed by atoms with van der Waals surface area (Å²) in [4.78, 5) is 15.8. The molecule has 0 saturated carbocycles. The Kier molecular flexibility index (Phi) is 8.03. The molecule has 1 aliphatic heterocycles. The Morgan fingerprint density at radius 2 is 1.81 bits per heavy atom. The van der Waals surface area contributed by atoms with E-state index in [0.29, 0.717) is 22.3 Å². The lowest BCUT2D eigenvalue weighted by Crippen LogP contribution is -2.33. The third-order valence-corrected chi connectivity index (χ3v) is 6.77. The van der Waals surface area contributed by atoms with Crippen LogP contribution in [-0.4, -0.2) is 53.5 Å². The van der Waals surface area contributed by atoms with E-state index in [9.17, 15) is 9.18 Å². The van der Waals surface area contributed by atoms with Crippen LogP contribution in [0.5, 0.6) is 5.75 Å². The molecule has 0 N–H and O–H groups in total. The van der Waals surface area contributed by atoms with Gasteiger partial charge in [0.15, 0.2) is 5.78 Å². The molecule has 1 aliphatic rings. The summed E-state index contributed by atoms with van der Waals surface area (Å²) in [5.41, 5.74) is 2.97. The molecule has 0 radical (unpaired) electrons. The quantitative estimate of drug-likeness (QED) is 0.452. The van der Waals surface area contributed by atoms with Crippen LogP contribution in [0.1, 0.15) is 28.0 Å². The Bertz CT molecular complexity index is 1050. The minimum atomic E-state index is -0.325. The van der Waals surface area contributed by atoms with Crippen molar-refractivity contribution in [3.8, 4) is 5.75 Å². The van der Waals surface area contributed by atoms with Gasteiger partial charge in [-0.15, -0.1) is 12.4 Å². The fraction of sp³-hybridized carbons (Fsp3) is 0.375. The number of hydrogen-bond acceptors (Lipinski definition) is 4. The zero-order valence-electron chi connectivity index (χ0n) is 17.9. The minimum Gasteiger partial charge on any atom is -0.497 e. The number of halogens is 2. The van der Waals surface area contributed by atoms with Gasteiger partial charge in [0.2, 0.25) is 0 Å². The molecule has 0 bridgehead atoms. The van der Waals surface area contributed by atoms with Crippen LogP contribution in [0.25, 0.3) is 10.9 Å². The summed E-state index contributed by atoms with van der Waals surface area (Å²) in [6.07, 6.45) is 1.00. The molecule has 1 aromatic heterocycles. The lowest BCUT2D eigenvalue weighted by molar-refractivity contribution is 0.103. The van der Waals surface area contributed by atoms with E-state index in [1.54, 1.807) is 37.4 Å². The Morgan fingerprint density at radius 3 is 2.48 bits per heavy atom. The number of methoxy groups -OCH3 is 1. The standard InChI is InChI=1S/C24H27FN2O2S.ClH/c1-17-23(24(28)18-4-7-20(29-2)8-5-18)21-16-19(25)6-9-22(21)27(17)11-3-10-26-12-14-30-15-13-26;/h4-9,16H,3,10-15H2,1-2H3;1H. The number of fused-ring (bicyclic) bond motifs is 1. The largest absolute Gasteiger partial charge is 0.497 e. The Labute approximate surface area is 193 Å². The molecule has 1 saturated heterocycles. The van der Waals surface area contributed by atoms with E-state index < -0.39 is 0 Å².